The minimum absolute atomic E-state index is 0.143. The third kappa shape index (κ3) is 3.00. The predicted octanol–water partition coefficient (Wildman–Crippen LogP) is 3.65. The van der Waals surface area contributed by atoms with E-state index in [0.29, 0.717) is 5.41 Å². The maximum atomic E-state index is 13.2. The van der Waals surface area contributed by atoms with Crippen molar-refractivity contribution < 1.29 is 9.13 Å². The van der Waals surface area contributed by atoms with Crippen LogP contribution in [0.3, 0.4) is 0 Å². The topological polar surface area (TPSA) is 21.3 Å². The van der Waals surface area contributed by atoms with Crippen LogP contribution in [0.25, 0.3) is 0 Å². The van der Waals surface area contributed by atoms with E-state index in [1.807, 2.05) is 12.1 Å². The normalized spacial score (nSPS) is 23.0. The monoisotopic (exact) mass is 291 g/mol. The molecule has 2 fully saturated rings. The van der Waals surface area contributed by atoms with E-state index in [1.165, 1.54) is 31.2 Å². The maximum absolute atomic E-state index is 13.2. The zero-order valence-corrected chi connectivity index (χ0v) is 13.0. The van der Waals surface area contributed by atoms with Gasteiger partial charge < -0.3 is 10.1 Å². The molecule has 1 spiro atoms. The third-order valence-corrected chi connectivity index (χ3v) is 5.33. The van der Waals surface area contributed by atoms with Gasteiger partial charge in [0.2, 0.25) is 0 Å². The van der Waals surface area contributed by atoms with Crippen molar-refractivity contribution in [1.82, 2.24) is 5.32 Å². The minimum atomic E-state index is -0.143. The van der Waals surface area contributed by atoms with Crippen LogP contribution in [0.1, 0.15) is 44.6 Å². The Kier molecular flexibility index (Phi) is 4.32. The zero-order chi connectivity index (χ0) is 14.8. The van der Waals surface area contributed by atoms with Crippen LogP contribution in [-0.2, 0) is 10.2 Å². The molecule has 1 aromatic carbocycles. The van der Waals surface area contributed by atoms with Crippen molar-refractivity contribution in [3.05, 3.63) is 35.6 Å². The first-order chi connectivity index (χ1) is 10.2. The molecule has 1 aliphatic carbocycles. The first-order valence-corrected chi connectivity index (χ1v) is 8.23. The number of ether oxygens (including phenoxy) is 1. The highest BCUT2D eigenvalue weighted by Gasteiger charge is 2.54. The molecule has 2 nitrogen and oxygen atoms in total. The Balaban J connectivity index is 1.75. The van der Waals surface area contributed by atoms with Crippen molar-refractivity contribution in [2.45, 2.75) is 44.4 Å². The van der Waals surface area contributed by atoms with E-state index >= 15 is 0 Å². The van der Waals surface area contributed by atoms with Gasteiger partial charge in [-0.3, -0.25) is 0 Å². The van der Waals surface area contributed by atoms with E-state index in [1.54, 1.807) is 12.1 Å². The molecule has 116 valence electrons. The van der Waals surface area contributed by atoms with Gasteiger partial charge in [-0.15, -0.1) is 0 Å². The van der Waals surface area contributed by atoms with Gasteiger partial charge in [0.15, 0.2) is 0 Å². The second kappa shape index (κ2) is 6.05. The molecule has 1 heterocycles. The summed E-state index contributed by atoms with van der Waals surface area (Å²) >= 11 is 0. The lowest BCUT2D eigenvalue weighted by Crippen LogP contribution is -2.56. The number of benzene rings is 1. The van der Waals surface area contributed by atoms with Gasteiger partial charge >= 0.3 is 0 Å². The third-order valence-electron chi connectivity index (χ3n) is 5.33. The van der Waals surface area contributed by atoms with Crippen molar-refractivity contribution in [3.63, 3.8) is 0 Å². The Bertz CT molecular complexity index is 457. The molecule has 1 saturated carbocycles. The summed E-state index contributed by atoms with van der Waals surface area (Å²) in [5, 5.41) is 3.59. The van der Waals surface area contributed by atoms with Crippen LogP contribution < -0.4 is 5.32 Å². The molecule has 0 amide bonds. The van der Waals surface area contributed by atoms with Gasteiger partial charge in [0.05, 0.1) is 0 Å². The number of hydrogen-bond acceptors (Lipinski definition) is 2. The Hall–Kier alpha value is -0.930. The largest absolute Gasteiger partial charge is 0.381 e. The summed E-state index contributed by atoms with van der Waals surface area (Å²) < 4.78 is 18.7. The first-order valence-electron chi connectivity index (χ1n) is 8.23. The van der Waals surface area contributed by atoms with Crippen molar-refractivity contribution in [2.24, 2.45) is 5.41 Å². The Labute approximate surface area is 127 Å². The molecule has 1 saturated heterocycles. The van der Waals surface area contributed by atoms with E-state index in [4.69, 9.17) is 4.74 Å². The van der Waals surface area contributed by atoms with Crippen LogP contribution in [0.4, 0.5) is 4.39 Å². The molecule has 0 atom stereocenters. The lowest BCUT2D eigenvalue weighted by molar-refractivity contribution is -0.0736. The Morgan fingerprint density at radius 3 is 2.43 bits per heavy atom. The van der Waals surface area contributed by atoms with Crippen LogP contribution in [0.2, 0.25) is 0 Å². The lowest BCUT2D eigenvalue weighted by Gasteiger charge is -2.58. The molecule has 0 radical (unpaired) electrons. The van der Waals surface area contributed by atoms with Gasteiger partial charge in [0.1, 0.15) is 5.82 Å². The SMILES string of the molecule is CCCNCC1(c2ccc(F)cc2)CC2(CCOCC2)C1. The molecule has 0 bridgehead atoms. The zero-order valence-electron chi connectivity index (χ0n) is 13.0. The van der Waals surface area contributed by atoms with E-state index < -0.39 is 0 Å². The summed E-state index contributed by atoms with van der Waals surface area (Å²) in [7, 11) is 0. The molecule has 0 unspecified atom stereocenters. The number of rotatable bonds is 5. The minimum Gasteiger partial charge on any atom is -0.381 e. The first kappa shape index (κ1) is 15.0. The number of hydrogen-bond donors (Lipinski definition) is 1. The van der Waals surface area contributed by atoms with Gasteiger partial charge in [-0.2, -0.15) is 0 Å². The van der Waals surface area contributed by atoms with Gasteiger partial charge in [0.25, 0.3) is 0 Å². The van der Waals surface area contributed by atoms with Crippen molar-refractivity contribution in [2.75, 3.05) is 26.3 Å². The fourth-order valence-electron chi connectivity index (χ4n) is 4.28. The highest BCUT2D eigenvalue weighted by molar-refractivity contribution is 5.32. The summed E-state index contributed by atoms with van der Waals surface area (Å²) in [6.07, 6.45) is 5.95. The maximum Gasteiger partial charge on any atom is 0.123 e. The lowest BCUT2D eigenvalue weighted by atomic mass is 9.48. The quantitative estimate of drug-likeness (QED) is 0.836. The van der Waals surface area contributed by atoms with Gasteiger partial charge in [0, 0.05) is 25.2 Å². The second-order valence-corrected chi connectivity index (χ2v) is 6.93. The van der Waals surface area contributed by atoms with Gasteiger partial charge in [-0.1, -0.05) is 19.1 Å². The molecule has 3 heteroatoms. The fourth-order valence-corrected chi connectivity index (χ4v) is 4.28. The van der Waals surface area contributed by atoms with Crippen LogP contribution in [0.15, 0.2) is 24.3 Å². The Morgan fingerprint density at radius 2 is 1.81 bits per heavy atom. The average molecular weight is 291 g/mol. The summed E-state index contributed by atoms with van der Waals surface area (Å²) in [6.45, 7) is 6.07. The molecule has 1 aliphatic heterocycles. The van der Waals surface area contributed by atoms with Crippen LogP contribution >= 0.6 is 0 Å². The molecule has 21 heavy (non-hydrogen) atoms. The van der Waals surface area contributed by atoms with E-state index in [-0.39, 0.29) is 11.2 Å². The molecule has 3 rings (SSSR count). The van der Waals surface area contributed by atoms with Crippen molar-refractivity contribution in [3.8, 4) is 0 Å². The van der Waals surface area contributed by atoms with E-state index in [0.717, 1.165) is 32.7 Å². The predicted molar refractivity (Wildman–Crippen MR) is 83.0 cm³/mol. The highest BCUT2D eigenvalue weighted by Crippen LogP contribution is 2.60. The molecule has 2 aliphatic rings. The molecular formula is C18H26FNO. The van der Waals surface area contributed by atoms with Gasteiger partial charge in [-0.25, -0.2) is 4.39 Å². The van der Waals surface area contributed by atoms with Gasteiger partial charge in [-0.05, 0) is 61.8 Å². The summed E-state index contributed by atoms with van der Waals surface area (Å²) in [4.78, 5) is 0. The molecule has 0 aromatic heterocycles. The van der Waals surface area contributed by atoms with Crippen LogP contribution in [0, 0.1) is 11.2 Å². The standard InChI is InChI=1S/C18H26FNO/c1-2-9-20-14-18(15-3-5-16(19)6-4-15)12-17(13-18)7-10-21-11-8-17/h3-6,20H,2,7-14H2,1H3. The van der Waals surface area contributed by atoms with Crippen molar-refractivity contribution in [1.29, 1.82) is 0 Å². The molecule has 1 N–H and O–H groups in total. The number of nitrogens with one attached hydrogen (secondary N) is 1. The average Bonchev–Trinajstić information content (AvgIpc) is 2.47. The summed E-state index contributed by atoms with van der Waals surface area (Å²) in [5.41, 5.74) is 1.96. The Morgan fingerprint density at radius 1 is 1.14 bits per heavy atom. The van der Waals surface area contributed by atoms with Crippen LogP contribution in [-0.4, -0.2) is 26.3 Å². The molecule has 1 aromatic rings. The smallest absolute Gasteiger partial charge is 0.123 e. The van der Waals surface area contributed by atoms with E-state index in [9.17, 15) is 4.39 Å². The fraction of sp³-hybridized carbons (Fsp3) is 0.667. The van der Waals surface area contributed by atoms with Crippen LogP contribution in [0.5, 0.6) is 0 Å². The molecular weight excluding hydrogens is 265 g/mol. The van der Waals surface area contributed by atoms with E-state index in [2.05, 4.69) is 12.2 Å². The highest BCUT2D eigenvalue weighted by atomic mass is 19.1. The summed E-state index contributed by atoms with van der Waals surface area (Å²) in [6, 6.07) is 7.17. The number of halogens is 1. The second-order valence-electron chi connectivity index (χ2n) is 6.93. The summed E-state index contributed by atoms with van der Waals surface area (Å²) in [5.74, 6) is -0.143. The van der Waals surface area contributed by atoms with Crippen molar-refractivity contribution >= 4 is 0 Å².